The van der Waals surface area contributed by atoms with Crippen molar-refractivity contribution in [3.63, 3.8) is 0 Å². The van der Waals surface area contributed by atoms with Crippen molar-refractivity contribution in [2.45, 2.75) is 20.8 Å². The zero-order valence-electron chi connectivity index (χ0n) is 10.1. The van der Waals surface area contributed by atoms with Crippen LogP contribution in [0.5, 0.6) is 5.75 Å². The normalized spacial score (nSPS) is 11.4. The molecule has 1 aromatic carbocycles. The summed E-state index contributed by atoms with van der Waals surface area (Å²) < 4.78 is 30.7. The number of rotatable bonds is 2. The third-order valence-corrected chi connectivity index (χ3v) is 1.42. The highest BCUT2D eigenvalue weighted by Gasteiger charge is 2.10. The molecule has 0 amide bonds. The standard InChI is InChI=1S/C11H16O.ClHO3S/c1-11(2,3)9-12-10-7-5-4-6-8-10;1-5(2,3)4/h4-8H,9H2,1-3H3;(H,2,3,4). The average Bonchev–Trinajstić information content (AvgIpc) is 2.13. The van der Waals surface area contributed by atoms with E-state index in [-0.39, 0.29) is 5.41 Å². The van der Waals surface area contributed by atoms with Crippen LogP contribution in [0.15, 0.2) is 30.3 Å². The zero-order valence-corrected chi connectivity index (χ0v) is 11.6. The van der Waals surface area contributed by atoms with E-state index in [9.17, 15) is 0 Å². The predicted molar refractivity (Wildman–Crippen MR) is 68.8 cm³/mol. The lowest BCUT2D eigenvalue weighted by Gasteiger charge is -2.18. The molecule has 98 valence electrons. The van der Waals surface area contributed by atoms with E-state index in [1.54, 1.807) is 0 Å². The van der Waals surface area contributed by atoms with Crippen LogP contribution in [-0.4, -0.2) is 19.6 Å². The Morgan fingerprint density at radius 1 is 1.24 bits per heavy atom. The summed E-state index contributed by atoms with van der Waals surface area (Å²) in [5.74, 6) is 0.951. The van der Waals surface area contributed by atoms with Gasteiger partial charge < -0.3 is 4.74 Å². The van der Waals surface area contributed by atoms with Crippen LogP contribution in [0.3, 0.4) is 0 Å². The summed E-state index contributed by atoms with van der Waals surface area (Å²) in [5, 5.41) is 0. The summed E-state index contributed by atoms with van der Waals surface area (Å²) in [5.41, 5.74) is 0.232. The van der Waals surface area contributed by atoms with Gasteiger partial charge in [-0.05, 0) is 17.5 Å². The Morgan fingerprint density at radius 3 is 2.00 bits per heavy atom. The zero-order chi connectivity index (χ0) is 13.5. The summed E-state index contributed by atoms with van der Waals surface area (Å²) in [6.07, 6.45) is 0. The van der Waals surface area contributed by atoms with Gasteiger partial charge in [0.05, 0.1) is 6.61 Å². The van der Waals surface area contributed by atoms with Crippen molar-refractivity contribution >= 4 is 20.0 Å². The van der Waals surface area contributed by atoms with Gasteiger partial charge in [-0.15, -0.1) is 0 Å². The average molecular weight is 281 g/mol. The second kappa shape index (κ2) is 6.83. The fourth-order valence-electron chi connectivity index (χ4n) is 0.817. The quantitative estimate of drug-likeness (QED) is 0.668. The molecule has 0 saturated carbocycles. The number of hydrogen-bond donors (Lipinski definition) is 1. The molecule has 1 N–H and O–H groups in total. The maximum Gasteiger partial charge on any atom is 0.353 e. The Labute approximate surface area is 107 Å². The maximum atomic E-state index is 8.95. The highest BCUT2D eigenvalue weighted by Crippen LogP contribution is 2.16. The lowest BCUT2D eigenvalue weighted by Crippen LogP contribution is -2.16. The lowest BCUT2D eigenvalue weighted by atomic mass is 9.99. The minimum absolute atomic E-state index is 0.232. The molecule has 0 fully saturated rings. The van der Waals surface area contributed by atoms with Crippen LogP contribution in [-0.2, 0) is 9.33 Å². The van der Waals surface area contributed by atoms with Gasteiger partial charge >= 0.3 is 9.33 Å². The molecule has 0 aliphatic carbocycles. The van der Waals surface area contributed by atoms with Gasteiger partial charge in [0, 0.05) is 10.7 Å². The number of benzene rings is 1. The van der Waals surface area contributed by atoms with Gasteiger partial charge in [0.1, 0.15) is 5.75 Å². The van der Waals surface area contributed by atoms with Crippen molar-refractivity contribution in [1.29, 1.82) is 0 Å². The monoisotopic (exact) mass is 280 g/mol. The number of ether oxygens (including phenoxy) is 1. The number of halogens is 1. The minimum Gasteiger partial charge on any atom is -0.493 e. The molecule has 1 aromatic rings. The molecular formula is C11H17ClO4S. The van der Waals surface area contributed by atoms with E-state index in [0.29, 0.717) is 0 Å². The van der Waals surface area contributed by atoms with Crippen LogP contribution < -0.4 is 4.74 Å². The first-order valence-electron chi connectivity index (χ1n) is 4.93. The van der Waals surface area contributed by atoms with E-state index >= 15 is 0 Å². The van der Waals surface area contributed by atoms with Crippen molar-refractivity contribution in [3.8, 4) is 5.75 Å². The molecule has 0 spiro atoms. The van der Waals surface area contributed by atoms with E-state index in [1.807, 2.05) is 30.3 Å². The Morgan fingerprint density at radius 2 is 1.65 bits per heavy atom. The van der Waals surface area contributed by atoms with Crippen LogP contribution in [0.1, 0.15) is 20.8 Å². The van der Waals surface area contributed by atoms with E-state index in [2.05, 4.69) is 31.5 Å². The number of hydrogen-bond acceptors (Lipinski definition) is 3. The molecule has 6 heteroatoms. The van der Waals surface area contributed by atoms with Crippen molar-refractivity contribution in [2.75, 3.05) is 6.61 Å². The molecule has 0 saturated heterocycles. The van der Waals surface area contributed by atoms with Crippen molar-refractivity contribution in [1.82, 2.24) is 0 Å². The Kier molecular flexibility index (Phi) is 6.52. The summed E-state index contributed by atoms with van der Waals surface area (Å²) in [6, 6.07) is 9.91. The van der Waals surface area contributed by atoms with Gasteiger partial charge in [-0.3, -0.25) is 4.55 Å². The Bertz CT molecular complexity index is 401. The molecule has 0 aliphatic heterocycles. The summed E-state index contributed by atoms with van der Waals surface area (Å²) in [4.78, 5) is 0. The van der Waals surface area contributed by atoms with E-state index < -0.39 is 9.33 Å². The van der Waals surface area contributed by atoms with Crippen molar-refractivity contribution in [2.24, 2.45) is 5.41 Å². The van der Waals surface area contributed by atoms with Gasteiger partial charge in [-0.1, -0.05) is 39.0 Å². The lowest BCUT2D eigenvalue weighted by molar-refractivity contribution is 0.198. The van der Waals surface area contributed by atoms with Gasteiger partial charge in [0.2, 0.25) is 0 Å². The summed E-state index contributed by atoms with van der Waals surface area (Å²) in [6.45, 7) is 7.25. The predicted octanol–water partition coefficient (Wildman–Crippen LogP) is 3.14. The first-order chi connectivity index (χ1) is 7.58. The van der Waals surface area contributed by atoms with Gasteiger partial charge in [0.15, 0.2) is 0 Å². The van der Waals surface area contributed by atoms with E-state index in [0.717, 1.165) is 12.4 Å². The van der Waals surface area contributed by atoms with Gasteiger partial charge in [-0.2, -0.15) is 8.42 Å². The van der Waals surface area contributed by atoms with E-state index in [4.69, 9.17) is 17.7 Å². The number of para-hydroxylation sites is 1. The molecular weight excluding hydrogens is 264 g/mol. The second-order valence-corrected chi connectivity index (χ2v) is 6.57. The highest BCUT2D eigenvalue weighted by molar-refractivity contribution is 8.09. The highest BCUT2D eigenvalue weighted by atomic mass is 35.7. The Hall–Kier alpha value is -0.780. The minimum atomic E-state index is -4.19. The SMILES string of the molecule is CC(C)(C)COc1ccccc1.O=S(=O)(O)Cl. The molecule has 0 radical (unpaired) electrons. The molecule has 0 unspecified atom stereocenters. The topological polar surface area (TPSA) is 63.6 Å². The molecule has 0 bridgehead atoms. The largest absolute Gasteiger partial charge is 0.493 e. The van der Waals surface area contributed by atoms with Crippen LogP contribution >= 0.6 is 10.7 Å². The molecule has 4 nitrogen and oxygen atoms in total. The van der Waals surface area contributed by atoms with Crippen LogP contribution in [0.25, 0.3) is 0 Å². The second-order valence-electron chi connectivity index (χ2n) is 4.57. The van der Waals surface area contributed by atoms with Crippen molar-refractivity contribution in [3.05, 3.63) is 30.3 Å². The van der Waals surface area contributed by atoms with Crippen LogP contribution in [0.4, 0.5) is 0 Å². The molecule has 1 rings (SSSR count). The first-order valence-corrected chi connectivity index (χ1v) is 7.19. The molecule has 0 atom stereocenters. The van der Waals surface area contributed by atoms with Crippen LogP contribution in [0.2, 0.25) is 0 Å². The summed E-state index contributed by atoms with van der Waals surface area (Å²) >= 11 is 0. The third kappa shape index (κ3) is 15.2. The molecule has 0 aromatic heterocycles. The first kappa shape index (κ1) is 16.2. The van der Waals surface area contributed by atoms with Gasteiger partial charge in [0.25, 0.3) is 0 Å². The fraction of sp³-hybridized carbons (Fsp3) is 0.455. The molecule has 0 aliphatic rings. The molecule has 17 heavy (non-hydrogen) atoms. The molecule has 0 heterocycles. The third-order valence-electron chi connectivity index (χ3n) is 1.42. The maximum absolute atomic E-state index is 8.95. The fourth-order valence-corrected chi connectivity index (χ4v) is 0.817. The van der Waals surface area contributed by atoms with Gasteiger partial charge in [-0.25, -0.2) is 0 Å². The summed E-state index contributed by atoms with van der Waals surface area (Å²) in [7, 11) is -0.137. The Balaban J connectivity index is 0.000000437. The van der Waals surface area contributed by atoms with E-state index in [1.165, 1.54) is 0 Å². The smallest absolute Gasteiger partial charge is 0.353 e. The van der Waals surface area contributed by atoms with Crippen molar-refractivity contribution < 1.29 is 17.7 Å². The van der Waals surface area contributed by atoms with Crippen LogP contribution in [0, 0.1) is 5.41 Å².